The van der Waals surface area contributed by atoms with Crippen molar-refractivity contribution in [3.05, 3.63) is 36.4 Å². The zero-order valence-corrected chi connectivity index (χ0v) is 6.19. The second-order valence-corrected chi connectivity index (χ2v) is 1.15. The summed E-state index contributed by atoms with van der Waals surface area (Å²) in [5, 5.41) is 0. The maximum atomic E-state index is 2.00. The Morgan fingerprint density at radius 1 is 0.429 bits per heavy atom. The van der Waals surface area contributed by atoms with Crippen LogP contribution in [0.15, 0.2) is 36.4 Å². The van der Waals surface area contributed by atoms with Crippen LogP contribution in [0.4, 0.5) is 0 Å². The molecule has 0 aliphatic carbocycles. The van der Waals surface area contributed by atoms with Crippen molar-refractivity contribution in [1.82, 2.24) is 0 Å². The van der Waals surface area contributed by atoms with Gasteiger partial charge >= 0.3 is 0 Å². The number of benzene rings is 1. The Bertz CT molecular complexity index is 76.1. The zero-order valence-electron chi connectivity index (χ0n) is 3.80. The summed E-state index contributed by atoms with van der Waals surface area (Å²) in [5.41, 5.74) is 0. The van der Waals surface area contributed by atoms with Crippen LogP contribution in [0.3, 0.4) is 0 Å². The van der Waals surface area contributed by atoms with E-state index < -0.39 is 0 Å². The average Bonchev–Trinajstić information content (AvgIpc) is 1.72. The summed E-state index contributed by atoms with van der Waals surface area (Å²) in [6, 6.07) is 12.0. The second kappa shape index (κ2) is 4.04. The monoisotopic (exact) mass is 271 g/mol. The molecule has 0 aliphatic heterocycles. The molecule has 0 aromatic heterocycles. The summed E-state index contributed by atoms with van der Waals surface area (Å²) in [5.74, 6) is 0. The van der Waals surface area contributed by atoms with E-state index in [0.29, 0.717) is 0 Å². The van der Waals surface area contributed by atoms with Gasteiger partial charge in [0.05, 0.1) is 0 Å². The van der Waals surface area contributed by atoms with Crippen LogP contribution in [0.1, 0.15) is 0 Å². The Kier molecular flexibility index (Phi) is 3.96. The minimum Gasteiger partial charge on any atom is -0.0623 e. The Morgan fingerprint density at radius 2 is 0.571 bits per heavy atom. The van der Waals surface area contributed by atoms with E-state index in [0.717, 1.165) is 0 Å². The van der Waals surface area contributed by atoms with Crippen molar-refractivity contribution in [2.45, 2.75) is 0 Å². The Morgan fingerprint density at radius 3 is 0.714 bits per heavy atom. The zero-order chi connectivity index (χ0) is 4.24. The molecule has 0 spiro atoms. The standard InChI is InChI=1S/C6H6.Ir/c1-2-4-6-5-3-1;/h1-6H;. The van der Waals surface area contributed by atoms with E-state index in [-0.39, 0.29) is 20.1 Å². The van der Waals surface area contributed by atoms with Gasteiger partial charge in [-0.1, -0.05) is 36.4 Å². The first kappa shape index (κ1) is 6.87. The van der Waals surface area contributed by atoms with E-state index in [1.807, 2.05) is 36.4 Å². The van der Waals surface area contributed by atoms with Gasteiger partial charge in [0.15, 0.2) is 0 Å². The van der Waals surface area contributed by atoms with E-state index in [1.165, 1.54) is 0 Å². The first-order valence-corrected chi connectivity index (χ1v) is 2.00. The molecular weight excluding hydrogens is 264 g/mol. The van der Waals surface area contributed by atoms with Gasteiger partial charge in [-0.2, -0.15) is 0 Å². The third kappa shape index (κ3) is 2.55. The molecule has 1 aromatic rings. The molecule has 7 heavy (non-hydrogen) atoms. The average molecular weight is 270 g/mol. The molecule has 39 valence electrons. The summed E-state index contributed by atoms with van der Waals surface area (Å²) in [6.45, 7) is 0. The van der Waals surface area contributed by atoms with Gasteiger partial charge in [0.1, 0.15) is 0 Å². The fraction of sp³-hybridized carbons (Fsp3) is 0. The first-order valence-electron chi connectivity index (χ1n) is 2.00. The molecule has 0 aliphatic rings. The smallest absolute Gasteiger partial charge is 0 e. The summed E-state index contributed by atoms with van der Waals surface area (Å²) in [4.78, 5) is 0. The molecule has 1 rings (SSSR count). The van der Waals surface area contributed by atoms with Crippen LogP contribution in [0.2, 0.25) is 0 Å². The summed E-state index contributed by atoms with van der Waals surface area (Å²) in [7, 11) is 0. The molecule has 0 atom stereocenters. The SMILES string of the molecule is [Ir].c1ccccc1. The predicted molar refractivity (Wildman–Crippen MR) is 26.4 cm³/mol. The van der Waals surface area contributed by atoms with Crippen LogP contribution >= 0.6 is 0 Å². The van der Waals surface area contributed by atoms with Crippen molar-refractivity contribution < 1.29 is 20.1 Å². The second-order valence-electron chi connectivity index (χ2n) is 1.15. The molecule has 0 unspecified atom stereocenters. The molecule has 0 amide bonds. The van der Waals surface area contributed by atoms with Crippen LogP contribution in [-0.2, 0) is 20.1 Å². The molecule has 0 fully saturated rings. The van der Waals surface area contributed by atoms with E-state index in [9.17, 15) is 0 Å². The Balaban J connectivity index is 0.000000360. The van der Waals surface area contributed by atoms with Crippen LogP contribution in [0.25, 0.3) is 0 Å². The quantitative estimate of drug-likeness (QED) is 0.673. The summed E-state index contributed by atoms with van der Waals surface area (Å²) >= 11 is 0. The summed E-state index contributed by atoms with van der Waals surface area (Å²) in [6.07, 6.45) is 0. The normalized spacial score (nSPS) is 6.86. The minimum absolute atomic E-state index is 0. The van der Waals surface area contributed by atoms with E-state index in [2.05, 4.69) is 0 Å². The molecule has 0 heterocycles. The van der Waals surface area contributed by atoms with Crippen molar-refractivity contribution in [3.63, 3.8) is 0 Å². The number of hydrogen-bond donors (Lipinski definition) is 0. The van der Waals surface area contributed by atoms with Crippen LogP contribution in [0.5, 0.6) is 0 Å². The maximum Gasteiger partial charge on any atom is 0 e. The van der Waals surface area contributed by atoms with Crippen LogP contribution < -0.4 is 0 Å². The van der Waals surface area contributed by atoms with Gasteiger partial charge in [0.2, 0.25) is 0 Å². The van der Waals surface area contributed by atoms with E-state index in [1.54, 1.807) is 0 Å². The van der Waals surface area contributed by atoms with Crippen molar-refractivity contribution in [2.75, 3.05) is 0 Å². The van der Waals surface area contributed by atoms with Crippen molar-refractivity contribution in [2.24, 2.45) is 0 Å². The summed E-state index contributed by atoms with van der Waals surface area (Å²) < 4.78 is 0. The maximum absolute atomic E-state index is 2.00. The van der Waals surface area contributed by atoms with Gasteiger partial charge in [-0.15, -0.1) is 0 Å². The van der Waals surface area contributed by atoms with Gasteiger partial charge in [0.25, 0.3) is 0 Å². The molecule has 1 radical (unpaired) electrons. The molecule has 1 aromatic carbocycles. The van der Waals surface area contributed by atoms with Gasteiger partial charge < -0.3 is 0 Å². The molecule has 0 N–H and O–H groups in total. The fourth-order valence-corrected chi connectivity index (χ4v) is 0.385. The van der Waals surface area contributed by atoms with Crippen molar-refractivity contribution in [3.8, 4) is 0 Å². The number of rotatable bonds is 0. The van der Waals surface area contributed by atoms with Crippen molar-refractivity contribution in [1.29, 1.82) is 0 Å². The van der Waals surface area contributed by atoms with Crippen molar-refractivity contribution >= 4 is 0 Å². The minimum atomic E-state index is 0. The van der Waals surface area contributed by atoms with Crippen LogP contribution in [0, 0.1) is 0 Å². The molecule has 0 saturated carbocycles. The number of hydrogen-bond acceptors (Lipinski definition) is 0. The topological polar surface area (TPSA) is 0 Å². The van der Waals surface area contributed by atoms with Gasteiger partial charge in [-0.25, -0.2) is 0 Å². The van der Waals surface area contributed by atoms with Gasteiger partial charge in [0, 0.05) is 20.1 Å². The predicted octanol–water partition coefficient (Wildman–Crippen LogP) is 1.68. The van der Waals surface area contributed by atoms with E-state index >= 15 is 0 Å². The van der Waals surface area contributed by atoms with E-state index in [4.69, 9.17) is 0 Å². The molecule has 0 saturated heterocycles. The Hall–Kier alpha value is -0.131. The third-order valence-corrected chi connectivity index (χ3v) is 0.667. The molecule has 0 nitrogen and oxygen atoms in total. The van der Waals surface area contributed by atoms with Gasteiger partial charge in [-0.3, -0.25) is 0 Å². The fourth-order valence-electron chi connectivity index (χ4n) is 0.385. The molecule has 0 bridgehead atoms. The van der Waals surface area contributed by atoms with Gasteiger partial charge in [-0.05, 0) is 0 Å². The molecular formula is C6H6Ir. The molecule has 1 heteroatoms. The first-order chi connectivity index (χ1) is 3.00. The largest absolute Gasteiger partial charge is 0.0623 e. The Labute approximate surface area is 56.9 Å². The third-order valence-electron chi connectivity index (χ3n) is 0.667. The van der Waals surface area contributed by atoms with Crippen LogP contribution in [-0.4, -0.2) is 0 Å².